The van der Waals surface area contributed by atoms with Crippen molar-refractivity contribution in [2.24, 2.45) is 0 Å². The third kappa shape index (κ3) is 5.95. The van der Waals surface area contributed by atoms with Gasteiger partial charge in [0.2, 0.25) is 5.91 Å². The molecular formula is C21H29N3O4S. The predicted octanol–water partition coefficient (Wildman–Crippen LogP) is 2.42. The van der Waals surface area contributed by atoms with Crippen molar-refractivity contribution in [3.63, 3.8) is 0 Å². The zero-order valence-electron chi connectivity index (χ0n) is 17.6. The molecule has 158 valence electrons. The molecule has 0 radical (unpaired) electrons. The molecule has 0 aromatic heterocycles. The largest absolute Gasteiger partial charge is 0.491 e. The van der Waals surface area contributed by atoms with E-state index >= 15 is 0 Å². The molecule has 0 aliphatic rings. The van der Waals surface area contributed by atoms with Crippen molar-refractivity contribution in [1.29, 1.82) is 0 Å². The number of anilines is 1. The summed E-state index contributed by atoms with van der Waals surface area (Å²) in [5, 5.41) is 2.73. The summed E-state index contributed by atoms with van der Waals surface area (Å²) in [6, 6.07) is 13.1. The van der Waals surface area contributed by atoms with Crippen molar-refractivity contribution < 1.29 is 17.9 Å². The molecule has 2 aromatic rings. The van der Waals surface area contributed by atoms with Gasteiger partial charge in [-0.15, -0.1) is 0 Å². The first-order valence-electron chi connectivity index (χ1n) is 9.35. The molecule has 0 aliphatic heterocycles. The van der Waals surface area contributed by atoms with Gasteiger partial charge in [-0.3, -0.25) is 4.79 Å². The molecule has 0 heterocycles. The summed E-state index contributed by atoms with van der Waals surface area (Å²) in [7, 11) is -0.939. The average Bonchev–Trinajstić information content (AvgIpc) is 2.66. The summed E-state index contributed by atoms with van der Waals surface area (Å²) in [6.45, 7) is 5.90. The second-order valence-electron chi connectivity index (χ2n) is 7.05. The minimum Gasteiger partial charge on any atom is -0.491 e. The number of carbonyl (C=O) groups excluding carboxylic acids is 1. The first kappa shape index (κ1) is 22.7. The third-order valence-electron chi connectivity index (χ3n) is 4.44. The maximum absolute atomic E-state index is 12.8. The molecule has 0 atom stereocenters. The van der Waals surface area contributed by atoms with Crippen LogP contribution < -0.4 is 14.4 Å². The van der Waals surface area contributed by atoms with Gasteiger partial charge in [-0.05, 0) is 49.6 Å². The summed E-state index contributed by atoms with van der Waals surface area (Å²) in [4.78, 5) is 12.5. The molecule has 0 spiro atoms. The number of nitrogens with zero attached hydrogens (tertiary/aromatic N) is 2. The summed E-state index contributed by atoms with van der Waals surface area (Å²) in [5.41, 5.74) is 3.19. The van der Waals surface area contributed by atoms with E-state index in [1.165, 1.54) is 14.1 Å². The second kappa shape index (κ2) is 9.76. The maximum atomic E-state index is 12.8. The van der Waals surface area contributed by atoms with Crippen molar-refractivity contribution in [2.75, 3.05) is 38.1 Å². The summed E-state index contributed by atoms with van der Waals surface area (Å²) < 4.78 is 33.6. The van der Waals surface area contributed by atoms with Crippen LogP contribution in [0.3, 0.4) is 0 Å². The number of ether oxygens (including phenoxy) is 1. The monoisotopic (exact) mass is 419 g/mol. The lowest BCUT2D eigenvalue weighted by Crippen LogP contribution is -2.46. The Balaban J connectivity index is 2.06. The van der Waals surface area contributed by atoms with Crippen molar-refractivity contribution in [2.45, 2.75) is 20.8 Å². The molecule has 0 saturated heterocycles. The van der Waals surface area contributed by atoms with E-state index in [2.05, 4.69) is 5.32 Å². The Morgan fingerprint density at radius 2 is 1.72 bits per heavy atom. The van der Waals surface area contributed by atoms with Gasteiger partial charge in [0.05, 0.1) is 12.2 Å². The van der Waals surface area contributed by atoms with Crippen LogP contribution in [0.15, 0.2) is 42.5 Å². The fourth-order valence-electron chi connectivity index (χ4n) is 2.73. The standard InChI is InChI=1S/C21H29N3O4S/c1-16-10-11-17(2)19(14-16)24(29(26,27)23(4)5)15-21(25)22-12-13-28-20-9-7-6-8-18(20)3/h6-11,14H,12-13,15H2,1-5H3,(H,22,25). The van der Waals surface area contributed by atoms with Gasteiger partial charge >= 0.3 is 10.2 Å². The molecule has 7 nitrogen and oxygen atoms in total. The zero-order valence-corrected chi connectivity index (χ0v) is 18.4. The quantitative estimate of drug-likeness (QED) is 0.633. The number of benzene rings is 2. The van der Waals surface area contributed by atoms with E-state index in [0.29, 0.717) is 12.3 Å². The van der Waals surface area contributed by atoms with Gasteiger partial charge in [0.15, 0.2) is 0 Å². The highest BCUT2D eigenvalue weighted by Gasteiger charge is 2.28. The van der Waals surface area contributed by atoms with Gasteiger partial charge < -0.3 is 10.1 Å². The maximum Gasteiger partial charge on any atom is 0.304 e. The lowest BCUT2D eigenvalue weighted by atomic mass is 10.1. The minimum atomic E-state index is -3.83. The van der Waals surface area contributed by atoms with Crippen molar-refractivity contribution in [3.05, 3.63) is 59.2 Å². The lowest BCUT2D eigenvalue weighted by molar-refractivity contribution is -0.119. The second-order valence-corrected chi connectivity index (χ2v) is 9.12. The SMILES string of the molecule is Cc1ccc(C)c(N(CC(=O)NCCOc2ccccc2C)S(=O)(=O)N(C)C)c1. The van der Waals surface area contributed by atoms with Gasteiger partial charge in [-0.1, -0.05) is 30.3 Å². The van der Waals surface area contributed by atoms with Gasteiger partial charge in [0.25, 0.3) is 0 Å². The Hall–Kier alpha value is -2.58. The molecule has 2 rings (SSSR count). The van der Waals surface area contributed by atoms with Gasteiger partial charge in [0.1, 0.15) is 18.9 Å². The first-order valence-corrected chi connectivity index (χ1v) is 10.7. The van der Waals surface area contributed by atoms with Crippen LogP contribution in [0.4, 0.5) is 5.69 Å². The van der Waals surface area contributed by atoms with Gasteiger partial charge in [0, 0.05) is 14.1 Å². The average molecular weight is 420 g/mol. The van der Waals surface area contributed by atoms with E-state index in [0.717, 1.165) is 31.1 Å². The number of hydrogen-bond acceptors (Lipinski definition) is 4. The molecule has 0 fully saturated rings. The number of aryl methyl sites for hydroxylation is 3. The van der Waals surface area contributed by atoms with Crippen molar-refractivity contribution in [3.8, 4) is 5.75 Å². The highest BCUT2D eigenvalue weighted by Crippen LogP contribution is 2.25. The summed E-state index contributed by atoms with van der Waals surface area (Å²) >= 11 is 0. The Kier molecular flexibility index (Phi) is 7.64. The molecule has 0 bridgehead atoms. The van der Waals surface area contributed by atoms with Crippen LogP contribution >= 0.6 is 0 Å². The number of para-hydroxylation sites is 1. The number of nitrogens with one attached hydrogen (secondary N) is 1. The molecule has 29 heavy (non-hydrogen) atoms. The molecule has 2 aromatic carbocycles. The molecule has 8 heteroatoms. The molecule has 0 unspecified atom stereocenters. The smallest absolute Gasteiger partial charge is 0.304 e. The number of amides is 1. The zero-order chi connectivity index (χ0) is 21.6. The summed E-state index contributed by atoms with van der Waals surface area (Å²) in [5.74, 6) is 0.360. The highest BCUT2D eigenvalue weighted by molar-refractivity contribution is 7.90. The van der Waals surface area contributed by atoms with E-state index in [1.54, 1.807) is 6.07 Å². The van der Waals surface area contributed by atoms with E-state index in [9.17, 15) is 13.2 Å². The van der Waals surface area contributed by atoms with Crippen LogP contribution in [0.25, 0.3) is 0 Å². The third-order valence-corrected chi connectivity index (χ3v) is 6.24. The van der Waals surface area contributed by atoms with E-state index in [1.807, 2.05) is 57.2 Å². The van der Waals surface area contributed by atoms with Crippen LogP contribution in [0, 0.1) is 20.8 Å². The van der Waals surface area contributed by atoms with Gasteiger partial charge in [-0.2, -0.15) is 12.7 Å². The van der Waals surface area contributed by atoms with Crippen LogP contribution in [0.1, 0.15) is 16.7 Å². The van der Waals surface area contributed by atoms with E-state index in [4.69, 9.17) is 4.74 Å². The minimum absolute atomic E-state index is 0.274. The van der Waals surface area contributed by atoms with E-state index in [-0.39, 0.29) is 13.1 Å². The number of carbonyl (C=O) groups is 1. The Bertz CT molecular complexity index is 958. The fourth-order valence-corrected chi connectivity index (χ4v) is 3.85. The summed E-state index contributed by atoms with van der Waals surface area (Å²) in [6.07, 6.45) is 0. The topological polar surface area (TPSA) is 79.0 Å². The van der Waals surface area contributed by atoms with Crippen molar-refractivity contribution >= 4 is 21.8 Å². The molecule has 0 aliphatic carbocycles. The van der Waals surface area contributed by atoms with Crippen molar-refractivity contribution in [1.82, 2.24) is 9.62 Å². The van der Waals surface area contributed by atoms with Gasteiger partial charge in [-0.25, -0.2) is 4.31 Å². The Morgan fingerprint density at radius 3 is 2.38 bits per heavy atom. The van der Waals surface area contributed by atoms with Crippen LogP contribution in [0.5, 0.6) is 5.75 Å². The molecule has 1 N–H and O–H groups in total. The Labute approximate surface area is 173 Å². The molecular weight excluding hydrogens is 390 g/mol. The molecule has 0 saturated carbocycles. The molecule has 1 amide bonds. The Morgan fingerprint density at radius 1 is 1.03 bits per heavy atom. The highest BCUT2D eigenvalue weighted by atomic mass is 32.2. The van der Waals surface area contributed by atoms with Crippen LogP contribution in [-0.4, -0.2) is 52.4 Å². The number of hydrogen-bond donors (Lipinski definition) is 1. The first-order chi connectivity index (χ1) is 13.6. The number of rotatable bonds is 9. The normalized spacial score (nSPS) is 11.4. The van der Waals surface area contributed by atoms with Crippen LogP contribution in [0.2, 0.25) is 0 Å². The predicted molar refractivity (Wildman–Crippen MR) is 116 cm³/mol. The lowest BCUT2D eigenvalue weighted by Gasteiger charge is -2.28. The van der Waals surface area contributed by atoms with Crippen LogP contribution in [-0.2, 0) is 15.0 Å². The fraction of sp³-hybridized carbons (Fsp3) is 0.381. The van der Waals surface area contributed by atoms with E-state index < -0.39 is 16.1 Å².